The number of nitrogens with zero attached hydrogens (tertiary/aromatic N) is 4. The molecule has 0 aromatic carbocycles. The van der Waals surface area contributed by atoms with Gasteiger partial charge in [-0.3, -0.25) is 19.7 Å². The summed E-state index contributed by atoms with van der Waals surface area (Å²) in [5, 5.41) is 6.77. The van der Waals surface area contributed by atoms with Crippen molar-refractivity contribution in [3.63, 3.8) is 0 Å². The van der Waals surface area contributed by atoms with Crippen molar-refractivity contribution >= 4 is 5.97 Å². The zero-order valence-corrected chi connectivity index (χ0v) is 17.9. The maximum atomic E-state index is 13.2. The van der Waals surface area contributed by atoms with E-state index in [1.54, 1.807) is 6.20 Å². The van der Waals surface area contributed by atoms with E-state index in [0.717, 1.165) is 69.2 Å². The lowest BCUT2D eigenvalue weighted by molar-refractivity contribution is 0.0338. The van der Waals surface area contributed by atoms with Gasteiger partial charge >= 0.3 is 5.97 Å². The van der Waals surface area contributed by atoms with Crippen molar-refractivity contribution in [3.05, 3.63) is 51.2 Å². The van der Waals surface area contributed by atoms with Gasteiger partial charge in [0.15, 0.2) is 0 Å². The van der Waals surface area contributed by atoms with Gasteiger partial charge in [-0.25, -0.2) is 4.79 Å². The first-order valence-electron chi connectivity index (χ1n) is 11.0. The predicted octanol–water partition coefficient (Wildman–Crippen LogP) is 0.810. The number of aromatic amines is 1. The second kappa shape index (κ2) is 8.57. The molecule has 9 nitrogen and oxygen atoms in total. The van der Waals surface area contributed by atoms with Gasteiger partial charge < -0.3 is 14.0 Å². The second-order valence-electron chi connectivity index (χ2n) is 8.84. The Kier molecular flexibility index (Phi) is 5.64. The molecule has 2 aromatic rings. The van der Waals surface area contributed by atoms with Gasteiger partial charge in [-0.05, 0) is 18.4 Å². The summed E-state index contributed by atoms with van der Waals surface area (Å²) in [4.78, 5) is 29.8. The molecule has 2 aromatic heterocycles. The molecule has 3 aliphatic rings. The number of hydrogen-bond acceptors (Lipinski definition) is 7. The minimum atomic E-state index is -0.394. The molecule has 1 N–H and O–H groups in total. The van der Waals surface area contributed by atoms with E-state index in [2.05, 4.69) is 26.1 Å². The molecule has 166 valence electrons. The molecule has 31 heavy (non-hydrogen) atoms. The highest BCUT2D eigenvalue weighted by molar-refractivity contribution is 5.88. The van der Waals surface area contributed by atoms with E-state index in [1.165, 1.54) is 7.11 Å². The largest absolute Gasteiger partial charge is 0.464 e. The molecule has 3 aliphatic heterocycles. The Hall–Kier alpha value is -2.49. The number of rotatable bonds is 5. The van der Waals surface area contributed by atoms with Gasteiger partial charge in [0.05, 0.1) is 26.5 Å². The van der Waals surface area contributed by atoms with E-state index >= 15 is 0 Å². The lowest BCUT2D eigenvalue weighted by Crippen LogP contribution is -2.47. The number of ether oxygens (including phenoxy) is 2. The van der Waals surface area contributed by atoms with E-state index in [-0.39, 0.29) is 5.56 Å². The number of hydrogen-bond donors (Lipinski definition) is 1. The molecule has 2 bridgehead atoms. The van der Waals surface area contributed by atoms with Crippen LogP contribution in [0.15, 0.2) is 23.1 Å². The van der Waals surface area contributed by atoms with E-state index in [1.807, 2.05) is 10.6 Å². The van der Waals surface area contributed by atoms with Gasteiger partial charge in [0.1, 0.15) is 5.69 Å². The molecular formula is C22H29N5O4. The zero-order valence-electron chi connectivity index (χ0n) is 17.9. The first kappa shape index (κ1) is 20.4. The van der Waals surface area contributed by atoms with Crippen LogP contribution in [-0.4, -0.2) is 77.0 Å². The Bertz CT molecular complexity index is 1010. The van der Waals surface area contributed by atoms with Gasteiger partial charge in [0, 0.05) is 68.6 Å². The van der Waals surface area contributed by atoms with Crippen LogP contribution in [0.5, 0.6) is 0 Å². The van der Waals surface area contributed by atoms with Crippen molar-refractivity contribution in [3.8, 4) is 0 Å². The van der Waals surface area contributed by atoms with Gasteiger partial charge in [-0.15, -0.1) is 0 Å². The number of piperidine rings is 1. The Morgan fingerprint density at radius 2 is 1.97 bits per heavy atom. The number of carbonyl (C=O) groups is 1. The first-order chi connectivity index (χ1) is 15.1. The standard InChI is InChI=1S/C22H29N5O4/c1-30-22(29)20-18(9-23-24-20)14-26-10-15-8-17(13-26)19-3-2-16(21(28)27(19)11-15)12-25-4-6-31-7-5-25/h2-3,9,15,17H,4-8,10-14H2,1H3,(H,23,24)/t15-,17+/m0/s1. The van der Waals surface area contributed by atoms with Crippen molar-refractivity contribution in [2.45, 2.75) is 32.0 Å². The number of pyridine rings is 1. The van der Waals surface area contributed by atoms with Crippen LogP contribution in [0.4, 0.5) is 0 Å². The maximum absolute atomic E-state index is 13.2. The maximum Gasteiger partial charge on any atom is 0.356 e. The summed E-state index contributed by atoms with van der Waals surface area (Å²) in [6.07, 6.45) is 2.81. The molecule has 0 unspecified atom stereocenters. The summed E-state index contributed by atoms with van der Waals surface area (Å²) in [6, 6.07) is 4.17. The van der Waals surface area contributed by atoms with E-state index in [0.29, 0.717) is 30.6 Å². The summed E-state index contributed by atoms with van der Waals surface area (Å²) < 4.78 is 12.3. The number of H-pyrrole nitrogens is 1. The summed E-state index contributed by atoms with van der Waals surface area (Å²) in [7, 11) is 1.38. The van der Waals surface area contributed by atoms with Crippen LogP contribution in [0.25, 0.3) is 0 Å². The first-order valence-corrected chi connectivity index (χ1v) is 11.0. The molecule has 9 heteroatoms. The Labute approximate surface area is 180 Å². The highest BCUT2D eigenvalue weighted by atomic mass is 16.5. The minimum Gasteiger partial charge on any atom is -0.464 e. The Balaban J connectivity index is 1.32. The molecule has 0 radical (unpaired) electrons. The van der Waals surface area contributed by atoms with Crippen LogP contribution in [0.1, 0.15) is 39.6 Å². The lowest BCUT2D eigenvalue weighted by Gasteiger charge is -2.43. The zero-order chi connectivity index (χ0) is 21.4. The van der Waals surface area contributed by atoms with Crippen LogP contribution in [0.2, 0.25) is 0 Å². The number of likely N-dealkylation sites (tertiary alicyclic amines) is 1. The topological polar surface area (TPSA) is 92.7 Å². The van der Waals surface area contributed by atoms with Crippen LogP contribution in [0, 0.1) is 5.92 Å². The van der Waals surface area contributed by atoms with Crippen LogP contribution < -0.4 is 5.56 Å². The number of aromatic nitrogens is 3. The second-order valence-corrected chi connectivity index (χ2v) is 8.84. The summed E-state index contributed by atoms with van der Waals surface area (Å²) in [6.45, 7) is 7.10. The highest BCUT2D eigenvalue weighted by Gasteiger charge is 2.35. The Morgan fingerprint density at radius 3 is 2.77 bits per heavy atom. The van der Waals surface area contributed by atoms with Crippen molar-refractivity contribution in [1.29, 1.82) is 0 Å². The molecule has 0 spiro atoms. The quantitative estimate of drug-likeness (QED) is 0.706. The number of morpholine rings is 1. The van der Waals surface area contributed by atoms with Crippen LogP contribution in [0.3, 0.4) is 0 Å². The molecule has 2 saturated heterocycles. The molecule has 0 amide bonds. The van der Waals surface area contributed by atoms with E-state index in [4.69, 9.17) is 9.47 Å². The predicted molar refractivity (Wildman–Crippen MR) is 113 cm³/mol. The molecule has 2 fully saturated rings. The molecule has 5 rings (SSSR count). The molecule has 0 aliphatic carbocycles. The minimum absolute atomic E-state index is 0.162. The van der Waals surface area contributed by atoms with E-state index < -0.39 is 5.97 Å². The van der Waals surface area contributed by atoms with Gasteiger partial charge in [0.25, 0.3) is 5.56 Å². The lowest BCUT2D eigenvalue weighted by atomic mass is 9.82. The van der Waals surface area contributed by atoms with Crippen molar-refractivity contribution in [1.82, 2.24) is 24.6 Å². The summed E-state index contributed by atoms with van der Waals surface area (Å²) in [5.41, 5.74) is 3.45. The molecule has 5 heterocycles. The van der Waals surface area contributed by atoms with Crippen molar-refractivity contribution < 1.29 is 14.3 Å². The third-order valence-corrected chi connectivity index (χ3v) is 6.76. The molecule has 2 atom stereocenters. The number of methoxy groups -OCH3 is 1. The Morgan fingerprint density at radius 1 is 1.16 bits per heavy atom. The number of fused-ring (bicyclic) bond motifs is 4. The highest BCUT2D eigenvalue weighted by Crippen LogP contribution is 2.35. The fourth-order valence-corrected chi connectivity index (χ4v) is 5.29. The number of nitrogens with one attached hydrogen (secondary N) is 1. The third kappa shape index (κ3) is 4.05. The normalized spacial score (nSPS) is 24.0. The summed E-state index contributed by atoms with van der Waals surface area (Å²) in [5.74, 6) is 0.358. The average molecular weight is 428 g/mol. The van der Waals surface area contributed by atoms with Crippen LogP contribution >= 0.6 is 0 Å². The van der Waals surface area contributed by atoms with Crippen molar-refractivity contribution in [2.24, 2.45) is 5.92 Å². The fraction of sp³-hybridized carbons (Fsp3) is 0.591. The third-order valence-electron chi connectivity index (χ3n) is 6.76. The van der Waals surface area contributed by atoms with Crippen molar-refractivity contribution in [2.75, 3.05) is 46.5 Å². The van der Waals surface area contributed by atoms with Gasteiger partial charge in [-0.2, -0.15) is 5.10 Å². The SMILES string of the molecule is COC(=O)c1[nH]ncc1CN1C[C@@H]2C[C@H](C1)c1ccc(CN3CCOCC3)c(=O)n1C2. The number of esters is 1. The van der Waals surface area contributed by atoms with Crippen LogP contribution in [-0.2, 0) is 29.1 Å². The van der Waals surface area contributed by atoms with Gasteiger partial charge in [-0.1, -0.05) is 6.07 Å². The smallest absolute Gasteiger partial charge is 0.356 e. The summed E-state index contributed by atoms with van der Waals surface area (Å²) >= 11 is 0. The molecule has 0 saturated carbocycles. The van der Waals surface area contributed by atoms with E-state index in [9.17, 15) is 9.59 Å². The monoisotopic (exact) mass is 427 g/mol. The van der Waals surface area contributed by atoms with Gasteiger partial charge in [0.2, 0.25) is 0 Å². The number of carbonyl (C=O) groups excluding carboxylic acids is 1. The molecular weight excluding hydrogens is 398 g/mol. The fourth-order valence-electron chi connectivity index (χ4n) is 5.29. The average Bonchev–Trinajstić information content (AvgIpc) is 3.24.